The molecule has 3 nitrogen and oxygen atoms in total. The first-order valence-corrected chi connectivity index (χ1v) is 5.20. The number of aryl methyl sites for hydroxylation is 1. The largest absolute Gasteiger partial charge is 0.461 e. The van der Waals surface area contributed by atoms with Gasteiger partial charge in [-0.3, -0.25) is 0 Å². The van der Waals surface area contributed by atoms with Crippen LogP contribution in [-0.4, -0.2) is 10.2 Å². The zero-order chi connectivity index (χ0) is 8.55. The molecule has 0 aliphatic carbocycles. The zero-order valence-corrected chi connectivity index (χ0v) is 9.22. The molecule has 0 saturated heterocycles. The molecule has 5 heteroatoms. The maximum absolute atomic E-state index is 5.27. The molecule has 0 aliphatic rings. The van der Waals surface area contributed by atoms with Crippen molar-refractivity contribution in [2.75, 3.05) is 0 Å². The van der Waals surface area contributed by atoms with E-state index in [9.17, 15) is 0 Å². The average Bonchev–Trinajstić information content (AvgIpc) is 2.58. The first-order chi connectivity index (χ1) is 5.77. The molecule has 0 bridgehead atoms. The van der Waals surface area contributed by atoms with Crippen LogP contribution in [-0.2, 0) is 0 Å². The summed E-state index contributed by atoms with van der Waals surface area (Å²) in [7, 11) is 0. The van der Waals surface area contributed by atoms with Crippen molar-refractivity contribution < 1.29 is 4.42 Å². The summed E-state index contributed by atoms with van der Waals surface area (Å²) in [6.45, 7) is 1.99. The summed E-state index contributed by atoms with van der Waals surface area (Å²) in [6, 6.07) is 1.92. The Bertz CT molecular complexity index is 396. The van der Waals surface area contributed by atoms with Gasteiger partial charge in [-0.25, -0.2) is 0 Å². The number of aromatic nitrogens is 2. The van der Waals surface area contributed by atoms with Gasteiger partial charge in [0.05, 0.1) is 6.26 Å². The molecule has 62 valence electrons. The lowest BCUT2D eigenvalue weighted by molar-refractivity contribution is 0.579. The number of furan rings is 1. The van der Waals surface area contributed by atoms with E-state index in [1.807, 2.05) is 13.0 Å². The van der Waals surface area contributed by atoms with Gasteiger partial charge in [-0.1, -0.05) is 11.3 Å². The van der Waals surface area contributed by atoms with E-state index in [0.29, 0.717) is 0 Å². The first kappa shape index (κ1) is 8.18. The van der Waals surface area contributed by atoms with Crippen molar-refractivity contribution in [2.45, 2.75) is 6.92 Å². The van der Waals surface area contributed by atoms with Crippen LogP contribution in [0.5, 0.6) is 0 Å². The third kappa shape index (κ3) is 1.38. The molecule has 12 heavy (non-hydrogen) atoms. The highest BCUT2D eigenvalue weighted by molar-refractivity contribution is 14.1. The number of nitrogens with zero attached hydrogens (tertiary/aromatic N) is 2. The summed E-state index contributed by atoms with van der Waals surface area (Å²) in [5.74, 6) is 0.829. The predicted molar refractivity (Wildman–Crippen MR) is 55.1 cm³/mol. The lowest BCUT2D eigenvalue weighted by atomic mass is 10.3. The molecule has 0 N–H and O–H groups in total. The normalized spacial score (nSPS) is 10.5. The Morgan fingerprint density at radius 3 is 2.83 bits per heavy atom. The highest BCUT2D eigenvalue weighted by atomic mass is 127. The third-order valence-electron chi connectivity index (χ3n) is 1.46. The molecular formula is C7H5IN2OS. The summed E-state index contributed by atoms with van der Waals surface area (Å²) in [5, 5.41) is 8.74. The van der Waals surface area contributed by atoms with Gasteiger partial charge in [-0.05, 0) is 41.1 Å². The van der Waals surface area contributed by atoms with Gasteiger partial charge in [0.15, 0.2) is 13.8 Å². The Labute approximate surface area is 87.0 Å². The van der Waals surface area contributed by atoms with Crippen LogP contribution in [0.4, 0.5) is 0 Å². The van der Waals surface area contributed by atoms with Gasteiger partial charge >= 0.3 is 0 Å². The van der Waals surface area contributed by atoms with E-state index in [2.05, 4.69) is 32.8 Å². The molecule has 0 aromatic carbocycles. The molecule has 0 saturated carbocycles. The van der Waals surface area contributed by atoms with Crippen LogP contribution < -0.4 is 0 Å². The quantitative estimate of drug-likeness (QED) is 0.759. The van der Waals surface area contributed by atoms with Crippen molar-refractivity contribution in [3.8, 4) is 10.8 Å². The fraction of sp³-hybridized carbons (Fsp3) is 0.143. The molecule has 2 rings (SSSR count). The molecule has 0 unspecified atom stereocenters. The average molecular weight is 292 g/mol. The van der Waals surface area contributed by atoms with Gasteiger partial charge in [-0.2, -0.15) is 0 Å². The summed E-state index contributed by atoms with van der Waals surface area (Å²) < 4.78 is 6.20. The standard InChI is InChI=1S/C7H5IN2OS/c1-4-2-3-11-5(4)6-9-10-7(8)12-6/h2-3H,1H3. The van der Waals surface area contributed by atoms with Gasteiger partial charge < -0.3 is 4.42 Å². The summed E-state index contributed by atoms with van der Waals surface area (Å²) in [6.07, 6.45) is 1.67. The van der Waals surface area contributed by atoms with Gasteiger partial charge in [0.2, 0.25) is 0 Å². The number of rotatable bonds is 1. The summed E-state index contributed by atoms with van der Waals surface area (Å²) >= 11 is 3.67. The van der Waals surface area contributed by atoms with Crippen molar-refractivity contribution >= 4 is 33.9 Å². The molecule has 2 heterocycles. The van der Waals surface area contributed by atoms with Gasteiger partial charge in [-0.15, -0.1) is 10.2 Å². The van der Waals surface area contributed by atoms with E-state index in [1.165, 1.54) is 11.3 Å². The Morgan fingerprint density at radius 1 is 1.50 bits per heavy atom. The van der Waals surface area contributed by atoms with Crippen LogP contribution >= 0.6 is 33.9 Å². The van der Waals surface area contributed by atoms with Gasteiger partial charge in [0.1, 0.15) is 0 Å². The lowest BCUT2D eigenvalue weighted by Gasteiger charge is -1.87. The van der Waals surface area contributed by atoms with Crippen molar-refractivity contribution in [2.24, 2.45) is 0 Å². The monoisotopic (exact) mass is 292 g/mol. The first-order valence-electron chi connectivity index (χ1n) is 3.31. The highest BCUT2D eigenvalue weighted by Crippen LogP contribution is 2.27. The summed E-state index contributed by atoms with van der Waals surface area (Å²) in [5.41, 5.74) is 1.10. The van der Waals surface area contributed by atoms with Crippen LogP contribution in [0.1, 0.15) is 5.56 Å². The topological polar surface area (TPSA) is 38.9 Å². The molecule has 0 fully saturated rings. The lowest BCUT2D eigenvalue weighted by Crippen LogP contribution is -1.75. The van der Waals surface area contributed by atoms with Crippen LogP contribution in [0.15, 0.2) is 16.7 Å². The fourth-order valence-corrected chi connectivity index (χ4v) is 2.25. The minimum atomic E-state index is 0.829. The highest BCUT2D eigenvalue weighted by Gasteiger charge is 2.10. The second-order valence-electron chi connectivity index (χ2n) is 2.29. The second kappa shape index (κ2) is 3.14. The molecule has 0 aliphatic heterocycles. The Balaban J connectivity index is 2.50. The molecule has 0 spiro atoms. The van der Waals surface area contributed by atoms with Gasteiger partial charge in [0.25, 0.3) is 0 Å². The zero-order valence-electron chi connectivity index (χ0n) is 6.24. The van der Waals surface area contributed by atoms with Crippen LogP contribution in [0.2, 0.25) is 0 Å². The maximum atomic E-state index is 5.27. The molecule has 0 atom stereocenters. The van der Waals surface area contributed by atoms with E-state index in [1.54, 1.807) is 6.26 Å². The van der Waals surface area contributed by atoms with E-state index in [-0.39, 0.29) is 0 Å². The van der Waals surface area contributed by atoms with Crippen LogP contribution in [0, 0.1) is 9.94 Å². The minimum absolute atomic E-state index is 0.829. The van der Waals surface area contributed by atoms with Crippen LogP contribution in [0.25, 0.3) is 10.8 Å². The number of halogens is 1. The van der Waals surface area contributed by atoms with E-state index in [4.69, 9.17) is 4.42 Å². The van der Waals surface area contributed by atoms with Crippen molar-refractivity contribution in [1.82, 2.24) is 10.2 Å². The maximum Gasteiger partial charge on any atom is 0.184 e. The SMILES string of the molecule is Cc1ccoc1-c1nnc(I)s1. The molecule has 0 amide bonds. The third-order valence-corrected chi connectivity index (χ3v) is 3.04. The van der Waals surface area contributed by atoms with Crippen LogP contribution in [0.3, 0.4) is 0 Å². The minimum Gasteiger partial charge on any atom is -0.461 e. The predicted octanol–water partition coefficient (Wildman–Crippen LogP) is 2.71. The summed E-state index contributed by atoms with van der Waals surface area (Å²) in [4.78, 5) is 0. The Hall–Kier alpha value is -0.430. The van der Waals surface area contributed by atoms with Crippen molar-refractivity contribution in [3.63, 3.8) is 0 Å². The smallest absolute Gasteiger partial charge is 0.184 e. The van der Waals surface area contributed by atoms with Crippen molar-refractivity contribution in [1.29, 1.82) is 0 Å². The molecule has 2 aromatic rings. The molecule has 2 aromatic heterocycles. The van der Waals surface area contributed by atoms with E-state index < -0.39 is 0 Å². The van der Waals surface area contributed by atoms with Gasteiger partial charge in [0, 0.05) is 0 Å². The molecule has 0 radical (unpaired) electrons. The number of hydrogen-bond acceptors (Lipinski definition) is 4. The Kier molecular flexibility index (Phi) is 2.14. The second-order valence-corrected chi connectivity index (χ2v) is 5.02. The van der Waals surface area contributed by atoms with E-state index in [0.717, 1.165) is 19.3 Å². The van der Waals surface area contributed by atoms with E-state index >= 15 is 0 Å². The molecular weight excluding hydrogens is 287 g/mol. The number of hydrogen-bond donors (Lipinski definition) is 0. The fourth-order valence-electron chi connectivity index (χ4n) is 0.889. The Morgan fingerprint density at radius 2 is 2.33 bits per heavy atom. The van der Waals surface area contributed by atoms with Crippen molar-refractivity contribution in [3.05, 3.63) is 20.9 Å².